The van der Waals surface area contributed by atoms with Gasteiger partial charge >= 0.3 is 0 Å². The zero-order chi connectivity index (χ0) is 26.9. The molecule has 2 aliphatic heterocycles. The maximum absolute atomic E-state index is 12.7. The predicted molar refractivity (Wildman–Crippen MR) is 159 cm³/mol. The molecule has 0 bridgehead atoms. The highest BCUT2D eigenvalue weighted by molar-refractivity contribution is 6.35. The highest BCUT2D eigenvalue weighted by Crippen LogP contribution is 2.23. The van der Waals surface area contributed by atoms with Crippen LogP contribution < -0.4 is 21.3 Å². The number of piperidine rings is 1. The van der Waals surface area contributed by atoms with Crippen LogP contribution >= 0.6 is 23.2 Å². The van der Waals surface area contributed by atoms with Gasteiger partial charge in [-0.05, 0) is 80.1 Å². The van der Waals surface area contributed by atoms with E-state index in [4.69, 9.17) is 23.2 Å². The molecule has 38 heavy (non-hydrogen) atoms. The molecule has 2 fully saturated rings. The van der Waals surface area contributed by atoms with E-state index < -0.39 is 0 Å². The summed E-state index contributed by atoms with van der Waals surface area (Å²) in [6.07, 6.45) is 7.66. The van der Waals surface area contributed by atoms with Crippen LogP contribution in [0.25, 0.3) is 0 Å². The maximum atomic E-state index is 12.7. The van der Waals surface area contributed by atoms with Gasteiger partial charge in [0.2, 0.25) is 0 Å². The Labute approximate surface area is 237 Å². The number of rotatable bonds is 10. The summed E-state index contributed by atoms with van der Waals surface area (Å²) in [5, 5.41) is 15.2. The second kappa shape index (κ2) is 14.2. The minimum atomic E-state index is -0.0960. The molecule has 2 atom stereocenters. The van der Waals surface area contributed by atoms with Gasteiger partial charge in [-0.15, -0.1) is 0 Å². The number of halogens is 2. The Balaban J connectivity index is 1.35. The smallest absolute Gasteiger partial charge is 0.251 e. The largest absolute Gasteiger partial charge is 0.370 e. The molecule has 2 aliphatic rings. The normalized spacial score (nSPS) is 20.4. The van der Waals surface area contributed by atoms with Crippen molar-refractivity contribution in [2.45, 2.75) is 58.0 Å². The molecule has 0 saturated carbocycles. The van der Waals surface area contributed by atoms with Crippen LogP contribution in [-0.4, -0.2) is 55.6 Å². The van der Waals surface area contributed by atoms with E-state index in [1.165, 1.54) is 25.0 Å². The van der Waals surface area contributed by atoms with Crippen LogP contribution in [0.4, 0.5) is 5.69 Å². The van der Waals surface area contributed by atoms with Crippen LogP contribution in [0.2, 0.25) is 10.0 Å². The van der Waals surface area contributed by atoms with Crippen LogP contribution in [0.1, 0.15) is 55.5 Å². The van der Waals surface area contributed by atoms with Crippen molar-refractivity contribution < 1.29 is 4.79 Å². The standard InChI is InChI=1S/C30H41Cl2N5O/c1-21(2)17-26-20-37(16-15-33-26)29(28-5-3-4-13-34-28)19-36-25-10-7-23(8-11-25)30(38)35-14-12-22-6-9-24(31)18-27(22)32/h6-11,18-19,21,26,28,33-34,36H,3-5,12-17,20H2,1-2H3,(H,35,38)/b29-19-/t26-,28?/m0/s1. The third-order valence-corrected chi connectivity index (χ3v) is 7.86. The van der Waals surface area contributed by atoms with Gasteiger partial charge in [0.05, 0.1) is 0 Å². The van der Waals surface area contributed by atoms with Crippen molar-refractivity contribution in [2.24, 2.45) is 5.92 Å². The highest BCUT2D eigenvalue weighted by Gasteiger charge is 2.27. The Kier molecular flexibility index (Phi) is 10.8. The van der Waals surface area contributed by atoms with Gasteiger partial charge in [0.25, 0.3) is 5.91 Å². The van der Waals surface area contributed by atoms with Crippen LogP contribution in [0.15, 0.2) is 54.4 Å². The first-order chi connectivity index (χ1) is 18.4. The molecule has 4 N–H and O–H groups in total. The number of carbonyl (C=O) groups is 1. The molecule has 6 nitrogen and oxygen atoms in total. The molecular weight excluding hydrogens is 517 g/mol. The summed E-state index contributed by atoms with van der Waals surface area (Å²) in [6, 6.07) is 14.0. The Morgan fingerprint density at radius 2 is 1.92 bits per heavy atom. The van der Waals surface area contributed by atoms with Crippen molar-refractivity contribution in [3.8, 4) is 0 Å². The van der Waals surface area contributed by atoms with Crippen molar-refractivity contribution in [3.63, 3.8) is 0 Å². The molecule has 1 amide bonds. The number of amides is 1. The van der Waals surface area contributed by atoms with Gasteiger partial charge < -0.3 is 26.2 Å². The molecule has 0 aliphatic carbocycles. The van der Waals surface area contributed by atoms with Gasteiger partial charge in [0.15, 0.2) is 0 Å². The van der Waals surface area contributed by atoms with Crippen LogP contribution in [0.5, 0.6) is 0 Å². The Morgan fingerprint density at radius 1 is 1.11 bits per heavy atom. The van der Waals surface area contributed by atoms with Gasteiger partial charge in [-0.3, -0.25) is 4.79 Å². The van der Waals surface area contributed by atoms with Crippen LogP contribution in [-0.2, 0) is 6.42 Å². The quantitative estimate of drug-likeness (QED) is 0.302. The molecule has 2 aromatic carbocycles. The van der Waals surface area contributed by atoms with Gasteiger partial charge in [-0.1, -0.05) is 49.5 Å². The number of piperazine rings is 1. The lowest BCUT2D eigenvalue weighted by Crippen LogP contribution is -2.53. The summed E-state index contributed by atoms with van der Waals surface area (Å²) in [4.78, 5) is 15.2. The summed E-state index contributed by atoms with van der Waals surface area (Å²) < 4.78 is 0. The molecule has 206 valence electrons. The van der Waals surface area contributed by atoms with Gasteiger partial charge in [-0.2, -0.15) is 0 Å². The number of benzene rings is 2. The molecule has 2 heterocycles. The van der Waals surface area contributed by atoms with E-state index in [2.05, 4.69) is 46.2 Å². The molecule has 0 spiro atoms. The molecule has 2 aromatic rings. The Morgan fingerprint density at radius 3 is 2.63 bits per heavy atom. The first-order valence-corrected chi connectivity index (χ1v) is 14.6. The van der Waals surface area contributed by atoms with E-state index in [9.17, 15) is 4.79 Å². The third kappa shape index (κ3) is 8.37. The second-order valence-corrected chi connectivity index (χ2v) is 11.6. The summed E-state index contributed by atoms with van der Waals surface area (Å²) in [7, 11) is 0. The summed E-state index contributed by atoms with van der Waals surface area (Å²) in [5.74, 6) is 0.582. The fraction of sp³-hybridized carbons (Fsp3) is 0.500. The minimum Gasteiger partial charge on any atom is -0.370 e. The summed E-state index contributed by atoms with van der Waals surface area (Å²) in [6.45, 7) is 9.21. The number of nitrogens with one attached hydrogen (secondary N) is 4. The van der Waals surface area contributed by atoms with E-state index in [0.29, 0.717) is 46.6 Å². The molecule has 4 rings (SSSR count). The number of hydrogen-bond donors (Lipinski definition) is 4. The van der Waals surface area contributed by atoms with E-state index >= 15 is 0 Å². The molecule has 0 radical (unpaired) electrons. The lowest BCUT2D eigenvalue weighted by Gasteiger charge is -2.41. The Hall–Kier alpha value is -2.25. The van der Waals surface area contributed by atoms with Crippen molar-refractivity contribution >= 4 is 34.8 Å². The molecule has 0 aromatic heterocycles. The molecule has 2 saturated heterocycles. The number of hydrogen-bond acceptors (Lipinski definition) is 5. The predicted octanol–water partition coefficient (Wildman–Crippen LogP) is 5.68. The lowest BCUT2D eigenvalue weighted by atomic mass is 9.98. The maximum Gasteiger partial charge on any atom is 0.251 e. The first-order valence-electron chi connectivity index (χ1n) is 13.9. The van der Waals surface area contributed by atoms with Crippen molar-refractivity contribution in [1.82, 2.24) is 20.9 Å². The lowest BCUT2D eigenvalue weighted by molar-refractivity contribution is 0.0954. The molecule has 8 heteroatoms. The van der Waals surface area contributed by atoms with E-state index in [-0.39, 0.29) is 5.91 Å². The average molecular weight is 559 g/mol. The summed E-state index contributed by atoms with van der Waals surface area (Å²) in [5.41, 5.74) is 3.90. The van der Waals surface area contributed by atoms with Crippen LogP contribution in [0.3, 0.4) is 0 Å². The van der Waals surface area contributed by atoms with Crippen LogP contribution in [0, 0.1) is 5.92 Å². The number of carbonyl (C=O) groups excluding carboxylic acids is 1. The Bertz CT molecular complexity index is 1080. The van der Waals surface area contributed by atoms with Crippen molar-refractivity contribution in [2.75, 3.05) is 38.0 Å². The second-order valence-electron chi connectivity index (χ2n) is 10.8. The molecule has 1 unspecified atom stereocenters. The van der Waals surface area contributed by atoms with Gasteiger partial charge in [0, 0.05) is 71.5 Å². The minimum absolute atomic E-state index is 0.0960. The number of nitrogens with zero attached hydrogens (tertiary/aromatic N) is 1. The highest BCUT2D eigenvalue weighted by atomic mass is 35.5. The monoisotopic (exact) mass is 557 g/mol. The fourth-order valence-corrected chi connectivity index (χ4v) is 5.82. The topological polar surface area (TPSA) is 68.4 Å². The number of anilines is 1. The SMILES string of the molecule is CC(C)C[C@H]1CN(/C(=C\Nc2ccc(C(=O)NCCc3ccc(Cl)cc3Cl)cc2)C2CCCCN2)CCN1. The van der Waals surface area contributed by atoms with Crippen molar-refractivity contribution in [1.29, 1.82) is 0 Å². The fourth-order valence-electron chi connectivity index (χ4n) is 5.32. The van der Waals surface area contributed by atoms with Gasteiger partial charge in [0.1, 0.15) is 0 Å². The first kappa shape index (κ1) is 28.8. The summed E-state index contributed by atoms with van der Waals surface area (Å²) >= 11 is 12.2. The average Bonchev–Trinajstić information content (AvgIpc) is 2.91. The van der Waals surface area contributed by atoms with Gasteiger partial charge in [-0.25, -0.2) is 0 Å². The molecular formula is C30H41Cl2N5O. The van der Waals surface area contributed by atoms with Crippen molar-refractivity contribution in [3.05, 3.63) is 75.5 Å². The zero-order valence-corrected chi connectivity index (χ0v) is 24.0. The van der Waals surface area contributed by atoms with E-state index in [0.717, 1.165) is 43.9 Å². The van der Waals surface area contributed by atoms with E-state index in [1.54, 1.807) is 6.07 Å². The van der Waals surface area contributed by atoms with E-state index in [1.807, 2.05) is 36.4 Å². The zero-order valence-electron chi connectivity index (χ0n) is 22.5. The third-order valence-electron chi connectivity index (χ3n) is 7.27.